The molecule has 0 radical (unpaired) electrons. The number of nitrogens with one attached hydrogen (secondary N) is 1. The van der Waals surface area contributed by atoms with Gasteiger partial charge in [-0.1, -0.05) is 0 Å². The summed E-state index contributed by atoms with van der Waals surface area (Å²) in [5.74, 6) is 0. The molecule has 0 aliphatic rings. The van der Waals surface area contributed by atoms with Gasteiger partial charge in [0.2, 0.25) is 10.0 Å². The first-order valence-electron chi connectivity index (χ1n) is 5.68. The van der Waals surface area contributed by atoms with Crippen molar-refractivity contribution in [3.63, 3.8) is 0 Å². The number of ether oxygens (including phenoxy) is 1. The molecule has 3 N–H and O–H groups in total. The second-order valence-electron chi connectivity index (χ2n) is 3.94. The molecule has 0 spiro atoms. The first-order chi connectivity index (χ1) is 9.06. The van der Waals surface area contributed by atoms with E-state index in [0.29, 0.717) is 23.2 Å². The van der Waals surface area contributed by atoms with Gasteiger partial charge in [0.15, 0.2) is 0 Å². The van der Waals surface area contributed by atoms with Gasteiger partial charge in [-0.2, -0.15) is 0 Å². The van der Waals surface area contributed by atoms with E-state index in [1.807, 2.05) is 0 Å². The fourth-order valence-electron chi connectivity index (χ4n) is 1.74. The summed E-state index contributed by atoms with van der Waals surface area (Å²) in [5, 5.41) is 0.622. The number of sulfonamides is 1. The number of pyridine rings is 1. The summed E-state index contributed by atoms with van der Waals surface area (Å²) < 4.78 is 31.6. The Hall–Kier alpha value is -1.70. The highest BCUT2D eigenvalue weighted by atomic mass is 32.2. The van der Waals surface area contributed by atoms with Crippen LogP contribution in [0.25, 0.3) is 10.9 Å². The maximum atomic E-state index is 12.2. The van der Waals surface area contributed by atoms with Crippen molar-refractivity contribution < 1.29 is 13.2 Å². The van der Waals surface area contributed by atoms with Crippen molar-refractivity contribution in [3.05, 3.63) is 30.5 Å². The highest BCUT2D eigenvalue weighted by Crippen LogP contribution is 2.25. The molecule has 0 bridgehead atoms. The van der Waals surface area contributed by atoms with Gasteiger partial charge in [-0.15, -0.1) is 0 Å². The third-order valence-corrected chi connectivity index (χ3v) is 4.15. The van der Waals surface area contributed by atoms with E-state index in [0.717, 1.165) is 0 Å². The van der Waals surface area contributed by atoms with Crippen LogP contribution in [0.3, 0.4) is 0 Å². The Bertz CT molecular complexity index is 686. The number of nitrogens with two attached hydrogens (primary N) is 1. The standard InChI is InChI=1S/C12H15N3O3S/c1-18-8-7-15-19(16,17)11-5-4-10(13)9-3-2-6-14-12(9)11/h2-6,15H,7-8,13H2,1H3. The van der Waals surface area contributed by atoms with Gasteiger partial charge in [-0.25, -0.2) is 13.1 Å². The summed E-state index contributed by atoms with van der Waals surface area (Å²) in [4.78, 5) is 4.22. The molecule has 19 heavy (non-hydrogen) atoms. The van der Waals surface area contributed by atoms with Crippen molar-refractivity contribution in [1.29, 1.82) is 0 Å². The summed E-state index contributed by atoms with van der Waals surface area (Å²) in [6, 6.07) is 6.48. The Kier molecular flexibility index (Phi) is 3.98. The zero-order valence-corrected chi connectivity index (χ0v) is 11.3. The predicted molar refractivity (Wildman–Crippen MR) is 73.2 cm³/mol. The van der Waals surface area contributed by atoms with Crippen LogP contribution in [0.1, 0.15) is 0 Å². The molecule has 2 rings (SSSR count). The number of aromatic nitrogens is 1. The van der Waals surface area contributed by atoms with Crippen molar-refractivity contribution in [2.24, 2.45) is 0 Å². The number of rotatable bonds is 5. The average molecular weight is 281 g/mol. The molecule has 0 aliphatic carbocycles. The molecule has 0 amide bonds. The molecule has 102 valence electrons. The third-order valence-electron chi connectivity index (χ3n) is 2.65. The summed E-state index contributed by atoms with van der Waals surface area (Å²) in [5.41, 5.74) is 6.68. The van der Waals surface area contributed by atoms with Crippen LogP contribution in [0.4, 0.5) is 5.69 Å². The molecule has 0 fully saturated rings. The number of nitrogens with zero attached hydrogens (tertiary/aromatic N) is 1. The maximum Gasteiger partial charge on any atom is 0.242 e. The van der Waals surface area contributed by atoms with Gasteiger partial charge in [-0.05, 0) is 24.3 Å². The van der Waals surface area contributed by atoms with Crippen molar-refractivity contribution in [2.45, 2.75) is 4.90 Å². The van der Waals surface area contributed by atoms with Crippen LogP contribution in [0.2, 0.25) is 0 Å². The van der Waals surface area contributed by atoms with E-state index in [9.17, 15) is 8.42 Å². The van der Waals surface area contributed by atoms with Gasteiger partial charge < -0.3 is 10.5 Å². The largest absolute Gasteiger partial charge is 0.398 e. The fourth-order valence-corrected chi connectivity index (χ4v) is 2.91. The molecule has 0 aliphatic heterocycles. The van der Waals surface area contributed by atoms with E-state index in [-0.39, 0.29) is 11.4 Å². The Labute approximate surface area is 111 Å². The number of anilines is 1. The molecule has 0 saturated heterocycles. The number of benzene rings is 1. The van der Waals surface area contributed by atoms with E-state index in [1.165, 1.54) is 19.4 Å². The van der Waals surface area contributed by atoms with Crippen LogP contribution >= 0.6 is 0 Å². The highest BCUT2D eigenvalue weighted by molar-refractivity contribution is 7.89. The molecule has 0 atom stereocenters. The first kappa shape index (κ1) is 13.7. The number of hydrogen-bond acceptors (Lipinski definition) is 5. The van der Waals surface area contributed by atoms with E-state index in [1.54, 1.807) is 18.2 Å². The second kappa shape index (κ2) is 5.52. The molecular weight excluding hydrogens is 266 g/mol. The fraction of sp³-hybridized carbons (Fsp3) is 0.250. The van der Waals surface area contributed by atoms with E-state index in [4.69, 9.17) is 10.5 Å². The first-order valence-corrected chi connectivity index (χ1v) is 7.16. The van der Waals surface area contributed by atoms with Crippen LogP contribution in [0.5, 0.6) is 0 Å². The molecule has 0 saturated carbocycles. The van der Waals surface area contributed by atoms with Crippen molar-refractivity contribution in [3.8, 4) is 0 Å². The average Bonchev–Trinajstić information content (AvgIpc) is 2.39. The number of nitrogen functional groups attached to an aromatic ring is 1. The van der Waals surface area contributed by atoms with Crippen LogP contribution in [-0.4, -0.2) is 33.7 Å². The summed E-state index contributed by atoms with van der Waals surface area (Å²) in [7, 11) is -2.12. The molecule has 6 nitrogen and oxygen atoms in total. The van der Waals surface area contributed by atoms with E-state index >= 15 is 0 Å². The minimum atomic E-state index is -3.62. The highest BCUT2D eigenvalue weighted by Gasteiger charge is 2.18. The number of hydrogen-bond donors (Lipinski definition) is 2. The predicted octanol–water partition coefficient (Wildman–Crippen LogP) is 0.742. The van der Waals surface area contributed by atoms with Gasteiger partial charge in [0, 0.05) is 30.9 Å². The van der Waals surface area contributed by atoms with Gasteiger partial charge >= 0.3 is 0 Å². The maximum absolute atomic E-state index is 12.2. The molecule has 1 aromatic carbocycles. The molecule has 2 aromatic rings. The van der Waals surface area contributed by atoms with E-state index < -0.39 is 10.0 Å². The zero-order chi connectivity index (χ0) is 13.9. The molecular formula is C12H15N3O3S. The Balaban J connectivity index is 2.48. The van der Waals surface area contributed by atoms with Gasteiger partial charge in [-0.3, -0.25) is 4.98 Å². The summed E-state index contributed by atoms with van der Waals surface area (Å²) in [6.07, 6.45) is 1.54. The molecule has 1 heterocycles. The second-order valence-corrected chi connectivity index (χ2v) is 5.68. The quantitative estimate of drug-likeness (QED) is 0.622. The Morgan fingerprint density at radius 1 is 1.37 bits per heavy atom. The van der Waals surface area contributed by atoms with Crippen LogP contribution < -0.4 is 10.5 Å². The Morgan fingerprint density at radius 2 is 2.16 bits per heavy atom. The Morgan fingerprint density at radius 3 is 2.89 bits per heavy atom. The van der Waals surface area contributed by atoms with Crippen molar-refractivity contribution >= 4 is 26.6 Å². The normalized spacial score (nSPS) is 11.8. The van der Waals surface area contributed by atoms with Crippen LogP contribution in [-0.2, 0) is 14.8 Å². The minimum absolute atomic E-state index is 0.119. The van der Waals surface area contributed by atoms with Gasteiger partial charge in [0.1, 0.15) is 4.90 Å². The molecule has 0 unspecified atom stereocenters. The van der Waals surface area contributed by atoms with Crippen molar-refractivity contribution in [1.82, 2.24) is 9.71 Å². The monoisotopic (exact) mass is 281 g/mol. The third kappa shape index (κ3) is 2.83. The lowest BCUT2D eigenvalue weighted by Gasteiger charge is -2.09. The van der Waals surface area contributed by atoms with Crippen LogP contribution in [0.15, 0.2) is 35.4 Å². The number of methoxy groups -OCH3 is 1. The lowest BCUT2D eigenvalue weighted by molar-refractivity contribution is 0.204. The van der Waals surface area contributed by atoms with Gasteiger partial charge in [0.25, 0.3) is 0 Å². The topological polar surface area (TPSA) is 94.3 Å². The minimum Gasteiger partial charge on any atom is -0.398 e. The number of fused-ring (bicyclic) bond motifs is 1. The summed E-state index contributed by atoms with van der Waals surface area (Å²) >= 11 is 0. The SMILES string of the molecule is COCCNS(=O)(=O)c1ccc(N)c2cccnc12. The molecule has 7 heteroatoms. The zero-order valence-electron chi connectivity index (χ0n) is 10.5. The molecule has 1 aromatic heterocycles. The van der Waals surface area contributed by atoms with Gasteiger partial charge in [0.05, 0.1) is 12.1 Å². The lowest BCUT2D eigenvalue weighted by Crippen LogP contribution is -2.27. The van der Waals surface area contributed by atoms with Crippen LogP contribution in [0, 0.1) is 0 Å². The smallest absolute Gasteiger partial charge is 0.242 e. The van der Waals surface area contributed by atoms with Crippen molar-refractivity contribution in [2.75, 3.05) is 26.0 Å². The lowest BCUT2D eigenvalue weighted by atomic mass is 10.2. The van der Waals surface area contributed by atoms with E-state index in [2.05, 4.69) is 9.71 Å². The summed E-state index contributed by atoms with van der Waals surface area (Å²) in [6.45, 7) is 0.511.